The highest BCUT2D eigenvalue weighted by Gasteiger charge is 2.04. The summed E-state index contributed by atoms with van der Waals surface area (Å²) in [5, 5.41) is 2.77. The van der Waals surface area contributed by atoms with Crippen LogP contribution >= 0.6 is 0 Å². The van der Waals surface area contributed by atoms with Crippen LogP contribution in [0.1, 0.15) is 26.3 Å². The van der Waals surface area contributed by atoms with Crippen LogP contribution in [0.25, 0.3) is 0 Å². The van der Waals surface area contributed by atoms with Gasteiger partial charge in [0.15, 0.2) is 0 Å². The molecule has 2 rings (SSSR count). The molecular weight excluding hydrogens is 266 g/mol. The molecule has 1 N–H and O–H groups in total. The van der Waals surface area contributed by atoms with Gasteiger partial charge in [-0.3, -0.25) is 9.59 Å². The van der Waals surface area contributed by atoms with Gasteiger partial charge in [-0.2, -0.15) is 0 Å². The Kier molecular flexibility index (Phi) is 5.10. The van der Waals surface area contributed by atoms with Gasteiger partial charge in [0.25, 0.3) is 5.91 Å². The summed E-state index contributed by atoms with van der Waals surface area (Å²) in [4.78, 5) is 22.4. The Morgan fingerprint density at radius 1 is 1.19 bits per heavy atom. The minimum atomic E-state index is -0.180. The lowest BCUT2D eigenvalue weighted by Crippen LogP contribution is -2.28. The Labute approximate surface area is 123 Å². The fourth-order valence-electron chi connectivity index (χ4n) is 1.85. The van der Waals surface area contributed by atoms with Crippen molar-refractivity contribution in [1.29, 1.82) is 0 Å². The Bertz CT molecular complexity index is 620. The van der Waals surface area contributed by atoms with Gasteiger partial charge in [0.05, 0.1) is 6.54 Å². The van der Waals surface area contributed by atoms with Gasteiger partial charge < -0.3 is 10.1 Å². The first-order chi connectivity index (χ1) is 10.2. The summed E-state index contributed by atoms with van der Waals surface area (Å²) in [6.07, 6.45) is 0.747. The van der Waals surface area contributed by atoms with Crippen molar-refractivity contribution in [2.45, 2.75) is 6.92 Å². The van der Waals surface area contributed by atoms with Crippen LogP contribution in [0, 0.1) is 6.92 Å². The maximum atomic E-state index is 11.9. The van der Waals surface area contributed by atoms with Gasteiger partial charge in [-0.25, -0.2) is 0 Å². The number of hydrogen-bond acceptors (Lipinski definition) is 3. The molecule has 0 atom stereocenters. The number of nitrogens with one attached hydrogen (secondary N) is 1. The first-order valence-corrected chi connectivity index (χ1v) is 6.72. The van der Waals surface area contributed by atoms with Gasteiger partial charge in [-0.15, -0.1) is 0 Å². The number of aldehydes is 1. The molecule has 0 aliphatic carbocycles. The lowest BCUT2D eigenvalue weighted by atomic mass is 10.1. The van der Waals surface area contributed by atoms with Gasteiger partial charge in [0.2, 0.25) is 0 Å². The first kappa shape index (κ1) is 14.8. The molecule has 0 aliphatic rings. The monoisotopic (exact) mass is 283 g/mol. The maximum absolute atomic E-state index is 11.9. The molecule has 0 saturated heterocycles. The molecule has 2 aromatic carbocycles. The highest BCUT2D eigenvalue weighted by Crippen LogP contribution is 2.11. The highest BCUT2D eigenvalue weighted by molar-refractivity contribution is 5.94. The molecule has 2 aromatic rings. The van der Waals surface area contributed by atoms with E-state index in [0.717, 1.165) is 17.6 Å². The third-order valence-corrected chi connectivity index (χ3v) is 2.95. The summed E-state index contributed by atoms with van der Waals surface area (Å²) in [6, 6.07) is 14.2. The summed E-state index contributed by atoms with van der Waals surface area (Å²) in [6.45, 7) is 2.82. The third kappa shape index (κ3) is 4.45. The molecule has 108 valence electrons. The summed E-state index contributed by atoms with van der Waals surface area (Å²) in [5.41, 5.74) is 2.21. The number of rotatable bonds is 6. The van der Waals surface area contributed by atoms with Gasteiger partial charge >= 0.3 is 0 Å². The Morgan fingerprint density at radius 3 is 2.62 bits per heavy atom. The molecule has 21 heavy (non-hydrogen) atoms. The van der Waals surface area contributed by atoms with E-state index in [9.17, 15) is 9.59 Å². The van der Waals surface area contributed by atoms with Crippen LogP contribution in [-0.4, -0.2) is 25.3 Å². The molecule has 1 amide bonds. The van der Waals surface area contributed by atoms with Crippen molar-refractivity contribution in [2.24, 2.45) is 0 Å². The Morgan fingerprint density at radius 2 is 1.95 bits per heavy atom. The van der Waals surface area contributed by atoms with Crippen molar-refractivity contribution in [3.63, 3.8) is 0 Å². The lowest BCUT2D eigenvalue weighted by Gasteiger charge is -2.08. The second-order valence-electron chi connectivity index (χ2n) is 4.66. The number of benzene rings is 2. The maximum Gasteiger partial charge on any atom is 0.251 e. The van der Waals surface area contributed by atoms with Crippen LogP contribution in [-0.2, 0) is 0 Å². The second-order valence-corrected chi connectivity index (χ2v) is 4.66. The average molecular weight is 283 g/mol. The predicted molar refractivity (Wildman–Crippen MR) is 80.8 cm³/mol. The second kappa shape index (κ2) is 7.24. The molecule has 4 heteroatoms. The topological polar surface area (TPSA) is 55.4 Å². The first-order valence-electron chi connectivity index (χ1n) is 6.72. The summed E-state index contributed by atoms with van der Waals surface area (Å²) < 4.78 is 5.55. The smallest absolute Gasteiger partial charge is 0.251 e. The van der Waals surface area contributed by atoms with E-state index in [1.165, 1.54) is 0 Å². The molecule has 0 radical (unpaired) electrons. The van der Waals surface area contributed by atoms with Gasteiger partial charge in [-0.05, 0) is 36.8 Å². The van der Waals surface area contributed by atoms with E-state index in [1.54, 1.807) is 24.3 Å². The normalized spacial score (nSPS) is 9.95. The number of carbonyl (C=O) groups excluding carboxylic acids is 2. The molecule has 0 unspecified atom stereocenters. The lowest BCUT2D eigenvalue weighted by molar-refractivity contribution is 0.0946. The summed E-state index contributed by atoms with van der Waals surface area (Å²) in [7, 11) is 0. The zero-order valence-electron chi connectivity index (χ0n) is 11.8. The number of hydrogen-bond donors (Lipinski definition) is 1. The standard InChI is InChI=1S/C17H17NO3/c1-13-3-2-4-16(11-13)21-10-9-18-17(20)15-7-5-14(12-19)6-8-15/h2-8,11-12H,9-10H2,1H3,(H,18,20). The molecular formula is C17H17NO3. The van der Waals surface area contributed by atoms with Crippen LogP contribution in [0.4, 0.5) is 0 Å². The number of carbonyl (C=O) groups is 2. The molecule has 0 spiro atoms. The summed E-state index contributed by atoms with van der Waals surface area (Å²) >= 11 is 0. The minimum Gasteiger partial charge on any atom is -0.492 e. The third-order valence-electron chi connectivity index (χ3n) is 2.95. The van der Waals surface area contributed by atoms with Crippen molar-refractivity contribution >= 4 is 12.2 Å². The number of aryl methyl sites for hydroxylation is 1. The number of amides is 1. The van der Waals surface area contributed by atoms with E-state index >= 15 is 0 Å². The average Bonchev–Trinajstić information content (AvgIpc) is 2.51. The van der Waals surface area contributed by atoms with Crippen LogP contribution in [0.2, 0.25) is 0 Å². The van der Waals surface area contributed by atoms with Crippen molar-refractivity contribution in [3.8, 4) is 5.75 Å². The zero-order valence-corrected chi connectivity index (χ0v) is 11.8. The number of ether oxygens (including phenoxy) is 1. The van der Waals surface area contributed by atoms with E-state index in [2.05, 4.69) is 5.32 Å². The van der Waals surface area contributed by atoms with Crippen LogP contribution in [0.5, 0.6) is 5.75 Å². The van der Waals surface area contributed by atoms with Crippen LogP contribution in [0.15, 0.2) is 48.5 Å². The van der Waals surface area contributed by atoms with Gasteiger partial charge in [0.1, 0.15) is 18.6 Å². The predicted octanol–water partition coefficient (Wildman–Crippen LogP) is 2.62. The van der Waals surface area contributed by atoms with Crippen molar-refractivity contribution in [3.05, 3.63) is 65.2 Å². The Balaban J connectivity index is 1.77. The SMILES string of the molecule is Cc1cccc(OCCNC(=O)c2ccc(C=O)cc2)c1. The van der Waals surface area contributed by atoms with Crippen LogP contribution < -0.4 is 10.1 Å². The van der Waals surface area contributed by atoms with E-state index in [-0.39, 0.29) is 5.91 Å². The van der Waals surface area contributed by atoms with E-state index in [0.29, 0.717) is 24.3 Å². The largest absolute Gasteiger partial charge is 0.492 e. The van der Waals surface area contributed by atoms with Crippen LogP contribution in [0.3, 0.4) is 0 Å². The van der Waals surface area contributed by atoms with E-state index in [1.807, 2.05) is 31.2 Å². The molecule has 0 aromatic heterocycles. The van der Waals surface area contributed by atoms with Gasteiger partial charge in [-0.1, -0.05) is 24.3 Å². The molecule has 0 bridgehead atoms. The molecule has 0 aliphatic heterocycles. The molecule has 4 nitrogen and oxygen atoms in total. The molecule has 0 fully saturated rings. The van der Waals surface area contributed by atoms with Crippen molar-refractivity contribution in [1.82, 2.24) is 5.32 Å². The van der Waals surface area contributed by atoms with Crippen molar-refractivity contribution < 1.29 is 14.3 Å². The zero-order chi connectivity index (χ0) is 15.1. The minimum absolute atomic E-state index is 0.180. The highest BCUT2D eigenvalue weighted by atomic mass is 16.5. The van der Waals surface area contributed by atoms with Gasteiger partial charge in [0, 0.05) is 11.1 Å². The molecule has 0 saturated carbocycles. The fraction of sp³-hybridized carbons (Fsp3) is 0.176. The Hall–Kier alpha value is -2.62. The molecule has 0 heterocycles. The van der Waals surface area contributed by atoms with E-state index in [4.69, 9.17) is 4.74 Å². The van der Waals surface area contributed by atoms with Crippen molar-refractivity contribution in [2.75, 3.05) is 13.2 Å². The summed E-state index contributed by atoms with van der Waals surface area (Å²) in [5.74, 6) is 0.611. The quantitative estimate of drug-likeness (QED) is 0.655. The van der Waals surface area contributed by atoms with E-state index < -0.39 is 0 Å². The fourth-order valence-corrected chi connectivity index (χ4v) is 1.85.